The minimum atomic E-state index is -0.141. The molecular formula is C18H20Cl2N4O2. The molecule has 3 rings (SSSR count). The normalized spacial score (nSPS) is 14.8. The first-order valence-electron chi connectivity index (χ1n) is 8.39. The lowest BCUT2D eigenvalue weighted by Crippen LogP contribution is -2.41. The number of aromatic nitrogens is 1. The molecule has 0 bridgehead atoms. The molecule has 1 amide bonds. The van der Waals surface area contributed by atoms with Crippen LogP contribution in [0, 0.1) is 0 Å². The van der Waals surface area contributed by atoms with Crippen LogP contribution in [-0.2, 0) is 4.74 Å². The molecule has 2 N–H and O–H groups in total. The van der Waals surface area contributed by atoms with Gasteiger partial charge in [0.15, 0.2) is 0 Å². The predicted octanol–water partition coefficient (Wildman–Crippen LogP) is 3.19. The minimum Gasteiger partial charge on any atom is -0.379 e. The number of rotatable bonds is 6. The maximum absolute atomic E-state index is 12.2. The third-order valence-electron chi connectivity index (χ3n) is 4.06. The van der Waals surface area contributed by atoms with E-state index < -0.39 is 0 Å². The predicted molar refractivity (Wildman–Crippen MR) is 104 cm³/mol. The number of carbonyl (C=O) groups excluding carboxylic acids is 1. The summed E-state index contributed by atoms with van der Waals surface area (Å²) in [6.45, 7) is 4.73. The largest absolute Gasteiger partial charge is 0.379 e. The Kier molecular flexibility index (Phi) is 6.68. The molecule has 2 heterocycles. The fourth-order valence-corrected chi connectivity index (χ4v) is 2.94. The topological polar surface area (TPSA) is 66.5 Å². The molecular weight excluding hydrogens is 375 g/mol. The summed E-state index contributed by atoms with van der Waals surface area (Å²) in [6.07, 6.45) is 1.53. The van der Waals surface area contributed by atoms with E-state index in [4.69, 9.17) is 27.9 Å². The minimum absolute atomic E-state index is 0.141. The molecule has 1 fully saturated rings. The van der Waals surface area contributed by atoms with Crippen molar-refractivity contribution >= 4 is 40.6 Å². The van der Waals surface area contributed by atoms with E-state index in [1.807, 2.05) is 6.07 Å². The van der Waals surface area contributed by atoms with Crippen LogP contribution in [0.15, 0.2) is 36.5 Å². The zero-order valence-electron chi connectivity index (χ0n) is 14.2. The standard InChI is InChI=1S/C18H20Cl2N4O2/c19-14-2-1-3-15(17(14)20)23-16-5-4-13(12-22-16)18(25)21-6-7-24-8-10-26-11-9-24/h1-5,12H,6-11H2,(H,21,25)(H,22,23). The zero-order chi connectivity index (χ0) is 18.4. The Labute approximate surface area is 162 Å². The Morgan fingerprint density at radius 2 is 2.00 bits per heavy atom. The van der Waals surface area contributed by atoms with Gasteiger partial charge in [0.2, 0.25) is 0 Å². The van der Waals surface area contributed by atoms with Crippen LogP contribution in [0.25, 0.3) is 0 Å². The van der Waals surface area contributed by atoms with Gasteiger partial charge in [0, 0.05) is 32.4 Å². The summed E-state index contributed by atoms with van der Waals surface area (Å²) in [6, 6.07) is 8.77. The van der Waals surface area contributed by atoms with Crippen LogP contribution in [0.4, 0.5) is 11.5 Å². The van der Waals surface area contributed by atoms with Crippen LogP contribution in [-0.4, -0.2) is 55.2 Å². The highest BCUT2D eigenvalue weighted by atomic mass is 35.5. The Morgan fingerprint density at radius 3 is 2.73 bits per heavy atom. The van der Waals surface area contributed by atoms with E-state index in [0.29, 0.717) is 33.7 Å². The van der Waals surface area contributed by atoms with E-state index in [1.165, 1.54) is 6.20 Å². The number of amides is 1. The summed E-state index contributed by atoms with van der Waals surface area (Å²) >= 11 is 12.1. The highest BCUT2D eigenvalue weighted by Crippen LogP contribution is 2.31. The maximum atomic E-state index is 12.2. The van der Waals surface area contributed by atoms with Gasteiger partial charge in [-0.3, -0.25) is 9.69 Å². The smallest absolute Gasteiger partial charge is 0.252 e. The van der Waals surface area contributed by atoms with E-state index in [9.17, 15) is 4.79 Å². The molecule has 0 atom stereocenters. The van der Waals surface area contributed by atoms with E-state index in [0.717, 1.165) is 32.8 Å². The van der Waals surface area contributed by atoms with Gasteiger partial charge >= 0.3 is 0 Å². The van der Waals surface area contributed by atoms with Crippen LogP contribution < -0.4 is 10.6 Å². The van der Waals surface area contributed by atoms with Gasteiger partial charge < -0.3 is 15.4 Å². The fraction of sp³-hybridized carbons (Fsp3) is 0.333. The molecule has 0 radical (unpaired) electrons. The molecule has 2 aromatic rings. The zero-order valence-corrected chi connectivity index (χ0v) is 15.7. The molecule has 138 valence electrons. The molecule has 8 heteroatoms. The Bertz CT molecular complexity index is 749. The van der Waals surface area contributed by atoms with Crippen molar-refractivity contribution in [2.75, 3.05) is 44.7 Å². The summed E-state index contributed by atoms with van der Waals surface area (Å²) in [4.78, 5) is 18.7. The monoisotopic (exact) mass is 394 g/mol. The van der Waals surface area contributed by atoms with Gasteiger partial charge in [-0.1, -0.05) is 29.3 Å². The van der Waals surface area contributed by atoms with Crippen molar-refractivity contribution in [3.8, 4) is 0 Å². The molecule has 26 heavy (non-hydrogen) atoms. The highest BCUT2D eigenvalue weighted by Gasteiger charge is 2.11. The van der Waals surface area contributed by atoms with E-state index in [2.05, 4.69) is 20.5 Å². The average molecular weight is 395 g/mol. The first kappa shape index (κ1) is 18.9. The molecule has 1 aromatic carbocycles. The first-order chi connectivity index (χ1) is 12.6. The molecule has 1 aliphatic heterocycles. The number of morpholine rings is 1. The lowest BCUT2D eigenvalue weighted by Gasteiger charge is -2.26. The van der Waals surface area contributed by atoms with Crippen molar-refractivity contribution in [1.29, 1.82) is 0 Å². The van der Waals surface area contributed by atoms with Gasteiger partial charge in [0.1, 0.15) is 5.82 Å². The van der Waals surface area contributed by atoms with E-state index in [-0.39, 0.29) is 5.91 Å². The Morgan fingerprint density at radius 1 is 1.19 bits per heavy atom. The second-order valence-corrected chi connectivity index (χ2v) is 6.65. The van der Waals surface area contributed by atoms with Crippen molar-refractivity contribution in [3.05, 3.63) is 52.1 Å². The lowest BCUT2D eigenvalue weighted by molar-refractivity contribution is 0.0383. The Balaban J connectivity index is 1.51. The number of benzene rings is 1. The van der Waals surface area contributed by atoms with Crippen molar-refractivity contribution in [1.82, 2.24) is 15.2 Å². The fourth-order valence-electron chi connectivity index (χ4n) is 2.59. The third kappa shape index (κ3) is 5.08. The molecule has 0 aliphatic carbocycles. The number of ether oxygens (including phenoxy) is 1. The van der Waals surface area contributed by atoms with Crippen LogP contribution in [0.1, 0.15) is 10.4 Å². The number of pyridine rings is 1. The number of hydrogen-bond acceptors (Lipinski definition) is 5. The number of nitrogens with one attached hydrogen (secondary N) is 2. The summed E-state index contributed by atoms with van der Waals surface area (Å²) in [5, 5.41) is 6.90. The SMILES string of the molecule is O=C(NCCN1CCOCC1)c1ccc(Nc2cccc(Cl)c2Cl)nc1. The number of halogens is 2. The first-order valence-corrected chi connectivity index (χ1v) is 9.14. The molecule has 1 saturated heterocycles. The van der Waals surface area contributed by atoms with Gasteiger partial charge in [0.05, 0.1) is 34.5 Å². The van der Waals surface area contributed by atoms with Gasteiger partial charge in [-0.25, -0.2) is 4.98 Å². The summed E-state index contributed by atoms with van der Waals surface area (Å²) < 4.78 is 5.31. The molecule has 1 aromatic heterocycles. The van der Waals surface area contributed by atoms with Gasteiger partial charge in [-0.2, -0.15) is 0 Å². The third-order valence-corrected chi connectivity index (χ3v) is 4.88. The van der Waals surface area contributed by atoms with Crippen LogP contribution in [0.5, 0.6) is 0 Å². The highest BCUT2D eigenvalue weighted by molar-refractivity contribution is 6.43. The quantitative estimate of drug-likeness (QED) is 0.787. The van der Waals surface area contributed by atoms with Gasteiger partial charge in [-0.15, -0.1) is 0 Å². The van der Waals surface area contributed by atoms with Gasteiger partial charge in [-0.05, 0) is 24.3 Å². The number of carbonyl (C=O) groups is 1. The van der Waals surface area contributed by atoms with Crippen molar-refractivity contribution < 1.29 is 9.53 Å². The van der Waals surface area contributed by atoms with E-state index >= 15 is 0 Å². The Hall–Kier alpha value is -1.86. The second kappa shape index (κ2) is 9.19. The summed E-state index contributed by atoms with van der Waals surface area (Å²) in [5.74, 6) is 0.442. The van der Waals surface area contributed by atoms with E-state index in [1.54, 1.807) is 24.3 Å². The summed E-state index contributed by atoms with van der Waals surface area (Å²) in [5.41, 5.74) is 1.17. The second-order valence-electron chi connectivity index (χ2n) is 5.87. The molecule has 6 nitrogen and oxygen atoms in total. The van der Waals surface area contributed by atoms with Crippen LogP contribution >= 0.6 is 23.2 Å². The molecule has 1 aliphatic rings. The number of hydrogen-bond donors (Lipinski definition) is 2. The molecule has 0 unspecified atom stereocenters. The number of nitrogens with zero attached hydrogens (tertiary/aromatic N) is 2. The average Bonchev–Trinajstić information content (AvgIpc) is 2.67. The lowest BCUT2D eigenvalue weighted by atomic mass is 10.2. The van der Waals surface area contributed by atoms with Crippen molar-refractivity contribution in [3.63, 3.8) is 0 Å². The van der Waals surface area contributed by atoms with Crippen molar-refractivity contribution in [2.24, 2.45) is 0 Å². The van der Waals surface area contributed by atoms with Crippen LogP contribution in [0.3, 0.4) is 0 Å². The van der Waals surface area contributed by atoms with Gasteiger partial charge in [0.25, 0.3) is 5.91 Å². The maximum Gasteiger partial charge on any atom is 0.252 e. The molecule has 0 spiro atoms. The van der Waals surface area contributed by atoms with Crippen molar-refractivity contribution in [2.45, 2.75) is 0 Å². The van der Waals surface area contributed by atoms with Crippen LogP contribution in [0.2, 0.25) is 10.0 Å². The number of anilines is 2. The summed E-state index contributed by atoms with van der Waals surface area (Å²) in [7, 11) is 0. The molecule has 0 saturated carbocycles.